The molecule has 1 aliphatic rings. The van der Waals surface area contributed by atoms with Gasteiger partial charge in [-0.2, -0.15) is 0 Å². The van der Waals surface area contributed by atoms with Crippen LogP contribution in [0.5, 0.6) is 0 Å². The van der Waals surface area contributed by atoms with Crippen molar-refractivity contribution >= 4 is 6.29 Å². The second kappa shape index (κ2) is 11.2. The number of aromatic amines is 1. The highest BCUT2D eigenvalue weighted by Crippen LogP contribution is 2.27. The summed E-state index contributed by atoms with van der Waals surface area (Å²) in [5.41, 5.74) is -1.33. The van der Waals surface area contributed by atoms with Gasteiger partial charge in [-0.1, -0.05) is 0 Å². The van der Waals surface area contributed by atoms with Crippen LogP contribution < -0.4 is 11.2 Å². The van der Waals surface area contributed by atoms with Gasteiger partial charge in [0, 0.05) is 12.3 Å². The van der Waals surface area contributed by atoms with Crippen LogP contribution in [0.4, 0.5) is 0 Å². The molecule has 29 heavy (non-hydrogen) atoms. The number of nitrogens with one attached hydrogen (secondary N) is 1. The Hall–Kier alpha value is -2.01. The van der Waals surface area contributed by atoms with Gasteiger partial charge >= 0.3 is 5.69 Å². The Bertz CT molecular complexity index is 751. The summed E-state index contributed by atoms with van der Waals surface area (Å²) in [7, 11) is 0. The van der Waals surface area contributed by atoms with E-state index in [0.29, 0.717) is 0 Å². The van der Waals surface area contributed by atoms with Crippen LogP contribution in [-0.2, 0) is 9.53 Å². The molecule has 0 aromatic carbocycles. The van der Waals surface area contributed by atoms with Crippen molar-refractivity contribution in [1.82, 2.24) is 9.55 Å². The fourth-order valence-corrected chi connectivity index (χ4v) is 2.36. The zero-order valence-corrected chi connectivity index (χ0v) is 14.9. The van der Waals surface area contributed by atoms with Crippen LogP contribution in [0, 0.1) is 0 Å². The average Bonchev–Trinajstić information content (AvgIpc) is 3.00. The Morgan fingerprint density at radius 2 is 1.72 bits per heavy atom. The summed E-state index contributed by atoms with van der Waals surface area (Å²) >= 11 is 0. The SMILES string of the molecule is O=CC(O)C(O)C(O)C(O)CO.O=c1ccn([C@@H]2O[C@H](CO)[C@@H](O)[C@H]2O)c(=O)[nH]1. The largest absolute Gasteiger partial charge is 0.394 e. The molecular weight excluding hydrogens is 400 g/mol. The number of carbonyl (C=O) groups is 1. The molecule has 0 bridgehead atoms. The van der Waals surface area contributed by atoms with E-state index in [4.69, 9.17) is 35.4 Å². The lowest BCUT2D eigenvalue weighted by Gasteiger charge is -2.22. The predicted molar refractivity (Wildman–Crippen MR) is 91.5 cm³/mol. The van der Waals surface area contributed by atoms with Crippen LogP contribution in [0.3, 0.4) is 0 Å². The molecule has 8 atom stereocenters. The van der Waals surface area contributed by atoms with Gasteiger partial charge in [-0.3, -0.25) is 14.3 Å². The van der Waals surface area contributed by atoms with Gasteiger partial charge < -0.3 is 50.4 Å². The summed E-state index contributed by atoms with van der Waals surface area (Å²) in [6.07, 6.45) is -10.4. The normalized spacial score (nSPS) is 28.0. The van der Waals surface area contributed by atoms with Crippen LogP contribution in [0.1, 0.15) is 6.23 Å². The van der Waals surface area contributed by atoms with Crippen molar-refractivity contribution in [2.45, 2.75) is 49.0 Å². The summed E-state index contributed by atoms with van der Waals surface area (Å²) in [5.74, 6) is 0. The van der Waals surface area contributed by atoms with Crippen molar-refractivity contribution in [1.29, 1.82) is 0 Å². The highest BCUT2D eigenvalue weighted by molar-refractivity contribution is 5.56. The molecule has 0 aliphatic carbocycles. The quantitative estimate of drug-likeness (QED) is 0.186. The first kappa shape index (κ1) is 25.0. The lowest BCUT2D eigenvalue weighted by molar-refractivity contribution is -0.136. The Labute approximate surface area is 162 Å². The van der Waals surface area contributed by atoms with Gasteiger partial charge in [-0.15, -0.1) is 0 Å². The van der Waals surface area contributed by atoms with E-state index in [2.05, 4.69) is 0 Å². The average molecular weight is 424 g/mol. The standard InChI is InChI=1S/C9H12N2O6.C6H12O6/c12-3-4-6(14)7(15)8(17-4)11-2-1-5(13)10-9(11)16;7-1-3(9)5(11)6(12)4(10)2-8/h1-2,4,6-8,12,14-15H,3H2,(H,10,13,16);1,3-6,8-12H,2H2/t4-,6-,7-,8-;/m1./s1. The Kier molecular flexibility index (Phi) is 9.71. The third-order valence-corrected chi connectivity index (χ3v) is 4.06. The van der Waals surface area contributed by atoms with Gasteiger partial charge in [0.25, 0.3) is 5.56 Å². The van der Waals surface area contributed by atoms with Gasteiger partial charge in [0.1, 0.15) is 42.7 Å². The van der Waals surface area contributed by atoms with Crippen LogP contribution in [-0.4, -0.2) is 113 Å². The number of aliphatic hydroxyl groups excluding tert-OH is 8. The molecule has 9 N–H and O–H groups in total. The molecule has 2 heterocycles. The molecule has 1 fully saturated rings. The van der Waals surface area contributed by atoms with Crippen molar-refractivity contribution in [3.63, 3.8) is 0 Å². The first-order valence-electron chi connectivity index (χ1n) is 8.31. The van der Waals surface area contributed by atoms with E-state index in [-0.39, 0.29) is 6.29 Å². The summed E-state index contributed by atoms with van der Waals surface area (Å²) in [6.45, 7) is -1.24. The molecule has 4 unspecified atom stereocenters. The fourth-order valence-electron chi connectivity index (χ4n) is 2.36. The molecule has 166 valence electrons. The van der Waals surface area contributed by atoms with Crippen molar-refractivity contribution in [2.75, 3.05) is 13.2 Å². The maximum Gasteiger partial charge on any atom is 0.330 e. The van der Waals surface area contributed by atoms with E-state index in [0.717, 1.165) is 16.8 Å². The molecule has 1 aromatic rings. The molecule has 14 nitrogen and oxygen atoms in total. The first-order chi connectivity index (χ1) is 13.6. The Morgan fingerprint density at radius 1 is 1.10 bits per heavy atom. The second-order valence-corrected chi connectivity index (χ2v) is 6.10. The van der Waals surface area contributed by atoms with E-state index in [1.807, 2.05) is 4.98 Å². The molecule has 0 radical (unpaired) electrons. The molecule has 14 heteroatoms. The summed E-state index contributed by atoms with van der Waals surface area (Å²) < 4.78 is 6.08. The number of aliphatic hydroxyl groups is 8. The molecule has 0 spiro atoms. The van der Waals surface area contributed by atoms with Crippen molar-refractivity contribution < 1.29 is 50.4 Å². The number of nitrogens with zero attached hydrogens (tertiary/aromatic N) is 1. The third-order valence-electron chi connectivity index (χ3n) is 4.06. The first-order valence-corrected chi connectivity index (χ1v) is 8.31. The number of hydrogen-bond acceptors (Lipinski definition) is 12. The monoisotopic (exact) mass is 424 g/mol. The zero-order chi connectivity index (χ0) is 22.3. The number of ether oxygens (including phenoxy) is 1. The summed E-state index contributed by atoms with van der Waals surface area (Å²) in [5, 5.41) is 71.6. The number of hydrogen-bond donors (Lipinski definition) is 9. The summed E-state index contributed by atoms with van der Waals surface area (Å²) in [6, 6.07) is 1.09. The van der Waals surface area contributed by atoms with E-state index >= 15 is 0 Å². The van der Waals surface area contributed by atoms with Crippen LogP contribution >= 0.6 is 0 Å². The van der Waals surface area contributed by atoms with Crippen molar-refractivity contribution in [3.8, 4) is 0 Å². The number of H-pyrrole nitrogens is 1. The Morgan fingerprint density at radius 3 is 2.17 bits per heavy atom. The summed E-state index contributed by atoms with van der Waals surface area (Å²) in [4.78, 5) is 34.2. The topological polar surface area (TPSA) is 243 Å². The minimum absolute atomic E-state index is 0.0258. The molecule has 2 rings (SSSR count). The van der Waals surface area contributed by atoms with Gasteiger partial charge in [-0.25, -0.2) is 4.79 Å². The molecule has 1 aromatic heterocycles. The molecular formula is C15H24N2O12. The maximum absolute atomic E-state index is 11.4. The number of carbonyl (C=O) groups excluding carboxylic acids is 1. The van der Waals surface area contributed by atoms with Crippen molar-refractivity contribution in [2.24, 2.45) is 0 Å². The highest BCUT2D eigenvalue weighted by Gasteiger charge is 2.43. The Balaban J connectivity index is 0.000000311. The van der Waals surface area contributed by atoms with Crippen LogP contribution in [0.25, 0.3) is 0 Å². The van der Waals surface area contributed by atoms with Crippen LogP contribution in [0.2, 0.25) is 0 Å². The van der Waals surface area contributed by atoms with Gasteiger partial charge in [0.05, 0.1) is 13.2 Å². The minimum atomic E-state index is -1.79. The third kappa shape index (κ3) is 6.23. The second-order valence-electron chi connectivity index (χ2n) is 6.10. The number of rotatable bonds is 7. The molecule has 1 saturated heterocycles. The van der Waals surface area contributed by atoms with Crippen molar-refractivity contribution in [3.05, 3.63) is 33.1 Å². The fraction of sp³-hybridized carbons (Fsp3) is 0.667. The zero-order valence-electron chi connectivity index (χ0n) is 14.9. The van der Waals surface area contributed by atoms with Gasteiger partial charge in [-0.05, 0) is 0 Å². The molecule has 0 saturated carbocycles. The van der Waals surface area contributed by atoms with E-state index < -0.39 is 73.4 Å². The predicted octanol–water partition coefficient (Wildman–Crippen LogP) is -6.23. The lowest BCUT2D eigenvalue weighted by atomic mass is 10.0. The lowest BCUT2D eigenvalue weighted by Crippen LogP contribution is -2.46. The molecule has 1 aliphatic heterocycles. The maximum atomic E-state index is 11.4. The number of aromatic nitrogens is 2. The van der Waals surface area contributed by atoms with Gasteiger partial charge in [0.2, 0.25) is 0 Å². The van der Waals surface area contributed by atoms with E-state index in [9.17, 15) is 24.6 Å². The van der Waals surface area contributed by atoms with Crippen LogP contribution in [0.15, 0.2) is 21.9 Å². The van der Waals surface area contributed by atoms with E-state index in [1.54, 1.807) is 0 Å². The smallest absolute Gasteiger partial charge is 0.330 e. The molecule has 0 amide bonds. The van der Waals surface area contributed by atoms with Gasteiger partial charge in [0.15, 0.2) is 12.5 Å². The minimum Gasteiger partial charge on any atom is -0.394 e. The highest BCUT2D eigenvalue weighted by atomic mass is 16.6. The van der Waals surface area contributed by atoms with E-state index in [1.165, 1.54) is 0 Å². The number of aldehydes is 1.